The Morgan fingerprint density at radius 3 is 2.84 bits per heavy atom. The number of nitrogens with zero attached hydrogens (tertiary/aromatic N) is 2. The lowest BCUT2D eigenvalue weighted by atomic mass is 9.73. The second-order valence-electron chi connectivity index (χ2n) is 6.00. The molecule has 0 bridgehead atoms. The van der Waals surface area contributed by atoms with Crippen LogP contribution < -0.4 is 10.1 Å². The largest absolute Gasteiger partial charge is 0.478 e. The molecule has 1 heterocycles. The highest BCUT2D eigenvalue weighted by Crippen LogP contribution is 2.37. The van der Waals surface area contributed by atoms with Gasteiger partial charge in [0, 0.05) is 12.1 Å². The summed E-state index contributed by atoms with van der Waals surface area (Å²) in [5.41, 5.74) is 0.322. The quantitative estimate of drug-likeness (QED) is 0.902. The van der Waals surface area contributed by atoms with Crippen LogP contribution in [0.3, 0.4) is 0 Å². The molecule has 106 valence electrons. The van der Waals surface area contributed by atoms with Crippen molar-refractivity contribution in [2.24, 2.45) is 5.41 Å². The number of aryl methyl sites for hydroxylation is 1. The topological polar surface area (TPSA) is 47.0 Å². The van der Waals surface area contributed by atoms with Gasteiger partial charge in [-0.2, -0.15) is 4.98 Å². The highest BCUT2D eigenvalue weighted by molar-refractivity contribution is 5.40. The Morgan fingerprint density at radius 1 is 1.37 bits per heavy atom. The predicted octanol–water partition coefficient (Wildman–Crippen LogP) is 3.56. The third-order valence-corrected chi connectivity index (χ3v) is 3.94. The van der Waals surface area contributed by atoms with Gasteiger partial charge in [-0.1, -0.05) is 26.7 Å². The standard InChI is InChI=1S/C15H25N3O/c1-5-19-14-10-13(16-11(2)17-14)18-12-8-6-7-9-15(12,3)4/h10,12H,5-9H2,1-4H3,(H,16,17,18). The molecule has 1 aromatic rings. The van der Waals surface area contributed by atoms with E-state index in [2.05, 4.69) is 29.1 Å². The summed E-state index contributed by atoms with van der Waals surface area (Å²) < 4.78 is 5.48. The molecule has 4 nitrogen and oxygen atoms in total. The Balaban J connectivity index is 2.13. The average molecular weight is 263 g/mol. The summed E-state index contributed by atoms with van der Waals surface area (Å²) in [5, 5.41) is 3.58. The van der Waals surface area contributed by atoms with Crippen molar-refractivity contribution in [2.45, 2.75) is 59.4 Å². The summed E-state index contributed by atoms with van der Waals surface area (Å²) in [7, 11) is 0. The van der Waals surface area contributed by atoms with Crippen LogP contribution in [0.5, 0.6) is 5.88 Å². The molecule has 0 saturated heterocycles. The van der Waals surface area contributed by atoms with Crippen LogP contribution in [0.2, 0.25) is 0 Å². The summed E-state index contributed by atoms with van der Waals surface area (Å²) in [5.74, 6) is 2.30. The number of nitrogens with one attached hydrogen (secondary N) is 1. The normalized spacial score (nSPS) is 22.0. The number of aromatic nitrogens is 2. The van der Waals surface area contributed by atoms with E-state index >= 15 is 0 Å². The van der Waals surface area contributed by atoms with Crippen molar-refractivity contribution in [3.8, 4) is 5.88 Å². The van der Waals surface area contributed by atoms with Crippen molar-refractivity contribution in [3.63, 3.8) is 0 Å². The molecule has 1 aromatic heterocycles. The third-order valence-electron chi connectivity index (χ3n) is 3.94. The smallest absolute Gasteiger partial charge is 0.218 e. The molecule has 1 fully saturated rings. The molecule has 1 unspecified atom stereocenters. The van der Waals surface area contributed by atoms with E-state index in [1.807, 2.05) is 19.9 Å². The van der Waals surface area contributed by atoms with Crippen molar-refractivity contribution in [2.75, 3.05) is 11.9 Å². The SMILES string of the molecule is CCOc1cc(NC2CCCCC2(C)C)nc(C)n1. The van der Waals surface area contributed by atoms with Crippen LogP contribution in [-0.4, -0.2) is 22.6 Å². The van der Waals surface area contributed by atoms with E-state index in [1.165, 1.54) is 25.7 Å². The number of ether oxygens (including phenoxy) is 1. The maximum Gasteiger partial charge on any atom is 0.218 e. The summed E-state index contributed by atoms with van der Waals surface area (Å²) >= 11 is 0. The molecule has 0 aromatic carbocycles. The van der Waals surface area contributed by atoms with Crippen LogP contribution in [-0.2, 0) is 0 Å². The summed E-state index contributed by atoms with van der Waals surface area (Å²) in [4.78, 5) is 8.75. The van der Waals surface area contributed by atoms with Crippen LogP contribution in [0.4, 0.5) is 5.82 Å². The number of hydrogen-bond donors (Lipinski definition) is 1. The van der Waals surface area contributed by atoms with E-state index in [1.54, 1.807) is 0 Å². The first-order valence-electron chi connectivity index (χ1n) is 7.26. The summed E-state index contributed by atoms with van der Waals surface area (Å²) in [6.45, 7) is 9.17. The van der Waals surface area contributed by atoms with E-state index in [4.69, 9.17) is 4.74 Å². The van der Waals surface area contributed by atoms with Crippen LogP contribution in [0.25, 0.3) is 0 Å². The van der Waals surface area contributed by atoms with Crippen molar-refractivity contribution >= 4 is 5.82 Å². The van der Waals surface area contributed by atoms with Crippen LogP contribution in [0.15, 0.2) is 6.07 Å². The molecule has 1 N–H and O–H groups in total. The Kier molecular flexibility index (Phi) is 4.27. The van der Waals surface area contributed by atoms with Gasteiger partial charge in [-0.25, -0.2) is 4.98 Å². The Bertz CT molecular complexity index is 431. The maximum absolute atomic E-state index is 5.48. The first-order chi connectivity index (χ1) is 9.01. The van der Waals surface area contributed by atoms with Crippen LogP contribution >= 0.6 is 0 Å². The maximum atomic E-state index is 5.48. The van der Waals surface area contributed by atoms with Crippen molar-refractivity contribution in [1.82, 2.24) is 9.97 Å². The molecule has 2 rings (SSSR count). The molecule has 1 atom stereocenters. The molecule has 19 heavy (non-hydrogen) atoms. The minimum atomic E-state index is 0.322. The van der Waals surface area contributed by atoms with Crippen LogP contribution in [0.1, 0.15) is 52.3 Å². The third kappa shape index (κ3) is 3.58. The lowest BCUT2D eigenvalue weighted by molar-refractivity contribution is 0.216. The minimum Gasteiger partial charge on any atom is -0.478 e. The van der Waals surface area contributed by atoms with Gasteiger partial charge in [0.1, 0.15) is 11.6 Å². The lowest BCUT2D eigenvalue weighted by Crippen LogP contribution is -2.39. The number of hydrogen-bond acceptors (Lipinski definition) is 4. The van der Waals surface area contributed by atoms with Gasteiger partial charge in [-0.3, -0.25) is 0 Å². The van der Waals surface area contributed by atoms with Gasteiger partial charge < -0.3 is 10.1 Å². The average Bonchev–Trinajstić information content (AvgIpc) is 2.31. The van der Waals surface area contributed by atoms with Gasteiger partial charge in [0.25, 0.3) is 0 Å². The van der Waals surface area contributed by atoms with Gasteiger partial charge in [0.05, 0.1) is 6.61 Å². The summed E-state index contributed by atoms with van der Waals surface area (Å²) in [6.07, 6.45) is 5.11. The predicted molar refractivity (Wildman–Crippen MR) is 77.6 cm³/mol. The van der Waals surface area contributed by atoms with Crippen molar-refractivity contribution < 1.29 is 4.74 Å². The molecule has 4 heteroatoms. The summed E-state index contributed by atoms with van der Waals surface area (Å²) in [6, 6.07) is 2.38. The van der Waals surface area contributed by atoms with Gasteiger partial charge in [0.15, 0.2) is 0 Å². The molecule has 1 aliphatic carbocycles. The number of rotatable bonds is 4. The van der Waals surface area contributed by atoms with E-state index < -0.39 is 0 Å². The van der Waals surface area contributed by atoms with E-state index in [9.17, 15) is 0 Å². The van der Waals surface area contributed by atoms with Crippen molar-refractivity contribution in [1.29, 1.82) is 0 Å². The zero-order valence-corrected chi connectivity index (χ0v) is 12.5. The first-order valence-corrected chi connectivity index (χ1v) is 7.26. The van der Waals surface area contributed by atoms with Gasteiger partial charge >= 0.3 is 0 Å². The fourth-order valence-electron chi connectivity index (χ4n) is 2.78. The Labute approximate surface area is 116 Å². The molecule has 1 saturated carbocycles. The fourth-order valence-corrected chi connectivity index (χ4v) is 2.78. The number of anilines is 1. The molecule has 0 spiro atoms. The minimum absolute atomic E-state index is 0.322. The van der Waals surface area contributed by atoms with Gasteiger partial charge in [-0.05, 0) is 32.1 Å². The van der Waals surface area contributed by atoms with E-state index in [0.717, 1.165) is 11.6 Å². The molecule has 0 aliphatic heterocycles. The first kappa shape index (κ1) is 14.1. The Hall–Kier alpha value is -1.32. The Morgan fingerprint density at radius 2 is 2.16 bits per heavy atom. The monoisotopic (exact) mass is 263 g/mol. The van der Waals surface area contributed by atoms with E-state index in [-0.39, 0.29) is 0 Å². The van der Waals surface area contributed by atoms with Gasteiger partial charge in [-0.15, -0.1) is 0 Å². The lowest BCUT2D eigenvalue weighted by Gasteiger charge is -2.39. The van der Waals surface area contributed by atoms with Gasteiger partial charge in [0.2, 0.25) is 5.88 Å². The molecule has 0 amide bonds. The highest BCUT2D eigenvalue weighted by atomic mass is 16.5. The van der Waals surface area contributed by atoms with E-state index in [0.29, 0.717) is 23.9 Å². The molecule has 1 aliphatic rings. The molecule has 0 radical (unpaired) electrons. The van der Waals surface area contributed by atoms with Crippen molar-refractivity contribution in [3.05, 3.63) is 11.9 Å². The molecular formula is C15H25N3O. The second-order valence-corrected chi connectivity index (χ2v) is 6.00. The second kappa shape index (κ2) is 5.76. The zero-order valence-electron chi connectivity index (χ0n) is 12.5. The molecular weight excluding hydrogens is 238 g/mol. The van der Waals surface area contributed by atoms with Crippen LogP contribution in [0, 0.1) is 12.3 Å². The highest BCUT2D eigenvalue weighted by Gasteiger charge is 2.32. The fraction of sp³-hybridized carbons (Fsp3) is 0.733. The zero-order chi connectivity index (χ0) is 13.9.